The minimum absolute atomic E-state index is 0.00671. The Balaban J connectivity index is 1.65. The van der Waals surface area contributed by atoms with Gasteiger partial charge in [-0.2, -0.15) is 0 Å². The SMILES string of the molecule is C/N=c1/cc(N2CCOc3cc(C(=O)N4CCCC[C@H]4C)cnc32)ccn1C(=O)C(C)C. The van der Waals surface area contributed by atoms with E-state index >= 15 is 0 Å². The summed E-state index contributed by atoms with van der Waals surface area (Å²) >= 11 is 0. The Morgan fingerprint density at radius 1 is 1.22 bits per heavy atom. The summed E-state index contributed by atoms with van der Waals surface area (Å²) in [5, 5.41) is 0. The third-order valence-electron chi connectivity index (χ3n) is 6.16. The number of hydrogen-bond acceptors (Lipinski definition) is 6. The number of pyridine rings is 2. The van der Waals surface area contributed by atoms with Crippen molar-refractivity contribution >= 4 is 23.3 Å². The molecule has 0 spiro atoms. The van der Waals surface area contributed by atoms with Crippen LogP contribution in [-0.2, 0) is 0 Å². The third kappa shape index (κ3) is 4.13. The number of anilines is 2. The van der Waals surface area contributed by atoms with Crippen molar-refractivity contribution in [2.45, 2.75) is 46.1 Å². The summed E-state index contributed by atoms with van der Waals surface area (Å²) < 4.78 is 7.45. The molecular weight excluding hydrogens is 406 g/mol. The monoisotopic (exact) mass is 437 g/mol. The van der Waals surface area contributed by atoms with E-state index in [4.69, 9.17) is 4.74 Å². The number of carbonyl (C=O) groups excluding carboxylic acids is 2. The molecule has 0 bridgehead atoms. The van der Waals surface area contributed by atoms with Gasteiger partial charge in [-0.25, -0.2) is 4.98 Å². The van der Waals surface area contributed by atoms with Gasteiger partial charge in [0.2, 0.25) is 5.91 Å². The molecule has 170 valence electrons. The topological polar surface area (TPSA) is 80.0 Å². The van der Waals surface area contributed by atoms with Crippen LogP contribution in [0.3, 0.4) is 0 Å². The summed E-state index contributed by atoms with van der Waals surface area (Å²) in [4.78, 5) is 38.4. The van der Waals surface area contributed by atoms with Crippen LogP contribution in [-0.4, -0.2) is 59.1 Å². The van der Waals surface area contributed by atoms with Crippen molar-refractivity contribution in [3.63, 3.8) is 0 Å². The zero-order chi connectivity index (χ0) is 22.8. The van der Waals surface area contributed by atoms with Crippen molar-refractivity contribution in [2.24, 2.45) is 10.9 Å². The summed E-state index contributed by atoms with van der Waals surface area (Å²) in [6.45, 7) is 7.71. The maximum atomic E-state index is 13.1. The molecule has 8 heteroatoms. The number of nitrogens with zero attached hydrogens (tertiary/aromatic N) is 5. The Hall–Kier alpha value is -3.16. The van der Waals surface area contributed by atoms with E-state index in [1.165, 1.54) is 0 Å². The van der Waals surface area contributed by atoms with Gasteiger partial charge in [0.15, 0.2) is 11.6 Å². The molecular formula is C24H31N5O3. The van der Waals surface area contributed by atoms with Gasteiger partial charge in [0.25, 0.3) is 5.91 Å². The molecule has 0 radical (unpaired) electrons. The molecule has 2 aliphatic heterocycles. The first kappa shape index (κ1) is 22.0. The van der Waals surface area contributed by atoms with Crippen molar-refractivity contribution in [1.29, 1.82) is 0 Å². The van der Waals surface area contributed by atoms with E-state index in [2.05, 4.69) is 16.9 Å². The zero-order valence-electron chi connectivity index (χ0n) is 19.2. The standard InChI is InChI=1S/C24H31N5O3/c1-16(2)23(30)29-10-8-19(14-21(29)25-4)28-11-12-32-20-13-18(15-26-22(20)28)24(31)27-9-6-5-7-17(27)3/h8,10,13-17H,5-7,9,11-12H2,1-4H3/b25-21-/t17-/m1/s1. The predicted molar refractivity (Wildman–Crippen MR) is 122 cm³/mol. The zero-order valence-corrected chi connectivity index (χ0v) is 19.2. The van der Waals surface area contributed by atoms with E-state index in [9.17, 15) is 9.59 Å². The number of hydrogen-bond donors (Lipinski definition) is 0. The highest BCUT2D eigenvalue weighted by Crippen LogP contribution is 2.35. The quantitative estimate of drug-likeness (QED) is 0.736. The maximum absolute atomic E-state index is 13.1. The largest absolute Gasteiger partial charge is 0.488 e. The van der Waals surface area contributed by atoms with Crippen molar-refractivity contribution < 1.29 is 14.3 Å². The second kappa shape index (κ2) is 9.14. The van der Waals surface area contributed by atoms with Crippen molar-refractivity contribution in [3.05, 3.63) is 41.6 Å². The fourth-order valence-electron chi connectivity index (χ4n) is 4.31. The Bertz CT molecular complexity index is 1090. The van der Waals surface area contributed by atoms with Crippen LogP contribution >= 0.6 is 0 Å². The first-order valence-electron chi connectivity index (χ1n) is 11.3. The highest BCUT2D eigenvalue weighted by atomic mass is 16.5. The summed E-state index contributed by atoms with van der Waals surface area (Å²) in [6, 6.07) is 5.81. The van der Waals surface area contributed by atoms with Crippen LogP contribution in [0.5, 0.6) is 5.75 Å². The van der Waals surface area contributed by atoms with Crippen LogP contribution in [0, 0.1) is 5.92 Å². The van der Waals surface area contributed by atoms with E-state index < -0.39 is 0 Å². The van der Waals surface area contributed by atoms with Crippen LogP contribution < -0.4 is 15.1 Å². The molecule has 0 aliphatic carbocycles. The lowest BCUT2D eigenvalue weighted by Gasteiger charge is -2.34. The van der Waals surface area contributed by atoms with E-state index in [1.807, 2.05) is 35.8 Å². The van der Waals surface area contributed by atoms with Gasteiger partial charge in [0.1, 0.15) is 12.1 Å². The number of fused-ring (bicyclic) bond motifs is 1. The Morgan fingerprint density at radius 3 is 2.75 bits per heavy atom. The first-order valence-corrected chi connectivity index (χ1v) is 11.3. The Morgan fingerprint density at radius 2 is 2.03 bits per heavy atom. The average Bonchev–Trinajstić information content (AvgIpc) is 2.82. The molecule has 1 saturated heterocycles. The van der Waals surface area contributed by atoms with Crippen LogP contribution in [0.25, 0.3) is 0 Å². The summed E-state index contributed by atoms with van der Waals surface area (Å²) in [5.41, 5.74) is 2.01. The molecule has 8 nitrogen and oxygen atoms in total. The Labute approximate surface area is 188 Å². The van der Waals surface area contributed by atoms with E-state index in [1.54, 1.807) is 30.1 Å². The highest BCUT2D eigenvalue weighted by molar-refractivity contribution is 5.95. The number of likely N-dealkylation sites (tertiary alicyclic amines) is 1. The molecule has 4 heterocycles. The minimum atomic E-state index is -0.129. The minimum Gasteiger partial charge on any atom is -0.488 e. The molecule has 1 fully saturated rings. The Kier molecular flexibility index (Phi) is 6.30. The van der Waals surface area contributed by atoms with Gasteiger partial charge in [-0.05, 0) is 38.3 Å². The number of ether oxygens (including phenoxy) is 1. The first-order chi connectivity index (χ1) is 15.4. The van der Waals surface area contributed by atoms with Gasteiger partial charge in [-0.1, -0.05) is 13.8 Å². The van der Waals surface area contributed by atoms with Crippen LogP contribution in [0.15, 0.2) is 35.6 Å². The third-order valence-corrected chi connectivity index (χ3v) is 6.16. The molecule has 0 saturated carbocycles. The van der Waals surface area contributed by atoms with Gasteiger partial charge < -0.3 is 14.5 Å². The fourth-order valence-corrected chi connectivity index (χ4v) is 4.31. The molecule has 32 heavy (non-hydrogen) atoms. The molecule has 1 amide bonds. The lowest BCUT2D eigenvalue weighted by atomic mass is 10.0. The van der Waals surface area contributed by atoms with E-state index in [0.29, 0.717) is 35.8 Å². The van der Waals surface area contributed by atoms with Crippen LogP contribution in [0.4, 0.5) is 11.5 Å². The number of amides is 1. The molecule has 0 unspecified atom stereocenters. The maximum Gasteiger partial charge on any atom is 0.255 e. The number of rotatable bonds is 3. The normalized spacial score (nSPS) is 19.0. The average molecular weight is 438 g/mol. The van der Waals surface area contributed by atoms with E-state index in [-0.39, 0.29) is 23.8 Å². The number of carbonyl (C=O) groups is 2. The molecule has 2 aromatic heterocycles. The lowest BCUT2D eigenvalue weighted by molar-refractivity contribution is 0.0634. The summed E-state index contributed by atoms with van der Waals surface area (Å²) in [7, 11) is 1.67. The highest BCUT2D eigenvalue weighted by Gasteiger charge is 2.27. The number of aromatic nitrogens is 2. The van der Waals surface area contributed by atoms with E-state index in [0.717, 1.165) is 31.5 Å². The van der Waals surface area contributed by atoms with Crippen molar-refractivity contribution in [1.82, 2.24) is 14.5 Å². The smallest absolute Gasteiger partial charge is 0.255 e. The second-order valence-electron chi connectivity index (χ2n) is 8.72. The molecule has 2 aromatic rings. The summed E-state index contributed by atoms with van der Waals surface area (Å²) in [5.74, 6) is 1.13. The summed E-state index contributed by atoms with van der Waals surface area (Å²) in [6.07, 6.45) is 6.63. The van der Waals surface area contributed by atoms with Crippen molar-refractivity contribution in [3.8, 4) is 5.75 Å². The van der Waals surface area contributed by atoms with Gasteiger partial charge in [-0.15, -0.1) is 0 Å². The van der Waals surface area contributed by atoms with Gasteiger partial charge >= 0.3 is 0 Å². The molecule has 1 atom stereocenters. The van der Waals surface area contributed by atoms with Gasteiger partial charge in [0.05, 0.1) is 12.1 Å². The van der Waals surface area contributed by atoms with Gasteiger partial charge in [-0.3, -0.25) is 19.1 Å². The molecule has 4 rings (SSSR count). The molecule has 2 aliphatic rings. The van der Waals surface area contributed by atoms with Crippen molar-refractivity contribution in [2.75, 3.05) is 31.6 Å². The second-order valence-corrected chi connectivity index (χ2v) is 8.72. The lowest BCUT2D eigenvalue weighted by Crippen LogP contribution is -2.42. The van der Waals surface area contributed by atoms with Crippen LogP contribution in [0.2, 0.25) is 0 Å². The predicted octanol–water partition coefficient (Wildman–Crippen LogP) is 3.25. The van der Waals surface area contributed by atoms with Crippen LogP contribution in [0.1, 0.15) is 55.2 Å². The molecule has 0 N–H and O–H groups in total. The number of piperidine rings is 1. The molecule has 0 aromatic carbocycles. The fraction of sp³-hybridized carbons (Fsp3) is 0.500. The van der Waals surface area contributed by atoms with Gasteiger partial charge in [0, 0.05) is 49.7 Å².